The molecule has 0 aromatic heterocycles. The molecule has 0 aliphatic rings. The van der Waals surface area contributed by atoms with Crippen molar-refractivity contribution in [2.75, 3.05) is 7.05 Å². The van der Waals surface area contributed by atoms with E-state index in [0.717, 1.165) is 11.8 Å². The molecule has 0 aromatic rings. The van der Waals surface area contributed by atoms with E-state index in [9.17, 15) is 0 Å². The van der Waals surface area contributed by atoms with Crippen molar-refractivity contribution in [3.8, 4) is 0 Å². The molecule has 0 heterocycles. The molecule has 0 bridgehead atoms. The molecule has 0 aromatic carbocycles. The zero-order chi connectivity index (χ0) is 6.57. The molecule has 0 fully saturated rings. The highest BCUT2D eigenvalue weighted by Crippen LogP contribution is 1.97. The third-order valence-electron chi connectivity index (χ3n) is 0.407. The molecule has 3 nitrogen and oxygen atoms in total. The summed E-state index contributed by atoms with van der Waals surface area (Å²) in [5, 5.41) is 9.43. The van der Waals surface area contributed by atoms with Crippen LogP contribution < -0.4 is 11.1 Å². The highest BCUT2D eigenvalue weighted by Gasteiger charge is 1.93. The normalized spacial score (nSPS) is 8.12. The topological polar surface area (TPSA) is 61.9 Å². The Kier molecular flexibility index (Phi) is 3.55. The smallest absolute Gasteiger partial charge is 0.158 e. The highest BCUT2D eigenvalue weighted by atomic mass is 32.2. The first-order valence-electron chi connectivity index (χ1n) is 1.90. The van der Waals surface area contributed by atoms with Gasteiger partial charge in [-0.1, -0.05) is 12.2 Å². The molecule has 8 heavy (non-hydrogen) atoms. The Bertz CT molecular complexity index is 111. The maximum atomic E-state index is 6.74. The van der Waals surface area contributed by atoms with Crippen LogP contribution in [-0.2, 0) is 0 Å². The first kappa shape index (κ1) is 7.71. The molecule has 0 rings (SSSR count). The van der Waals surface area contributed by atoms with E-state index in [1.54, 1.807) is 7.05 Å². The lowest BCUT2D eigenvalue weighted by Gasteiger charge is -1.96. The summed E-state index contributed by atoms with van der Waals surface area (Å²) in [7, 11) is 1.69. The van der Waals surface area contributed by atoms with Crippen molar-refractivity contribution in [3.63, 3.8) is 0 Å². The zero-order valence-electron chi connectivity index (χ0n) is 4.39. The molecule has 4 N–H and O–H groups in total. The fourth-order valence-electron chi connectivity index (χ4n) is 0.151. The molecule has 0 unspecified atom stereocenters. The molecule has 46 valence electrons. The monoisotopic (exact) mass is 149 g/mol. The molecule has 0 saturated carbocycles. The number of rotatable bonds is 0. The van der Waals surface area contributed by atoms with Crippen LogP contribution in [0, 0.1) is 5.41 Å². The summed E-state index contributed by atoms with van der Waals surface area (Å²) < 4.78 is 0.525. The van der Waals surface area contributed by atoms with E-state index in [0.29, 0.717) is 4.32 Å². The first-order valence-corrected chi connectivity index (χ1v) is 3.13. The molecule has 0 saturated heterocycles. The molecular weight excluding hydrogens is 142 g/mol. The van der Waals surface area contributed by atoms with Gasteiger partial charge < -0.3 is 11.1 Å². The van der Waals surface area contributed by atoms with Gasteiger partial charge in [0.2, 0.25) is 0 Å². The first-order chi connectivity index (χ1) is 3.66. The Morgan fingerprint density at radius 1 is 1.88 bits per heavy atom. The van der Waals surface area contributed by atoms with Crippen LogP contribution in [0.3, 0.4) is 0 Å². The van der Waals surface area contributed by atoms with Gasteiger partial charge in [-0.3, -0.25) is 5.41 Å². The minimum Gasteiger partial charge on any atom is -0.378 e. The summed E-state index contributed by atoms with van der Waals surface area (Å²) in [6, 6.07) is 0. The fourth-order valence-corrected chi connectivity index (χ4v) is 0.722. The van der Waals surface area contributed by atoms with Crippen molar-refractivity contribution in [2.24, 2.45) is 5.73 Å². The van der Waals surface area contributed by atoms with Crippen molar-refractivity contribution in [3.05, 3.63) is 0 Å². The highest BCUT2D eigenvalue weighted by molar-refractivity contribution is 8.32. The average Bonchev–Trinajstić information content (AvgIpc) is 1.65. The van der Waals surface area contributed by atoms with E-state index in [1.165, 1.54) is 0 Å². The molecule has 0 amide bonds. The van der Waals surface area contributed by atoms with E-state index in [2.05, 4.69) is 17.5 Å². The molecular formula is C3H7N3S2. The maximum absolute atomic E-state index is 6.74. The Morgan fingerprint density at radius 2 is 2.38 bits per heavy atom. The van der Waals surface area contributed by atoms with Crippen LogP contribution in [0.1, 0.15) is 0 Å². The summed E-state index contributed by atoms with van der Waals surface area (Å²) in [5.74, 6) is 0. The number of thioether (sulfide) groups is 1. The van der Waals surface area contributed by atoms with E-state index in [4.69, 9.17) is 11.1 Å². The van der Waals surface area contributed by atoms with Crippen LogP contribution in [-0.4, -0.2) is 16.5 Å². The predicted molar refractivity (Wildman–Crippen MR) is 41.2 cm³/mol. The summed E-state index contributed by atoms with van der Waals surface area (Å²) in [6.45, 7) is 0. The Hall–Kier alpha value is -0.290. The van der Waals surface area contributed by atoms with Gasteiger partial charge >= 0.3 is 0 Å². The van der Waals surface area contributed by atoms with Crippen LogP contribution in [0.2, 0.25) is 0 Å². The second kappa shape index (κ2) is 3.68. The van der Waals surface area contributed by atoms with Gasteiger partial charge in [0.05, 0.1) is 0 Å². The van der Waals surface area contributed by atoms with Gasteiger partial charge in [0, 0.05) is 7.05 Å². The fraction of sp³-hybridized carbons (Fsp3) is 0.333. The third kappa shape index (κ3) is 3.89. The maximum Gasteiger partial charge on any atom is 0.158 e. The van der Waals surface area contributed by atoms with Gasteiger partial charge in [0.25, 0.3) is 0 Å². The molecule has 5 heteroatoms. The predicted octanol–water partition coefficient (Wildman–Crippen LogP) is 0.117. The van der Waals surface area contributed by atoms with Crippen molar-refractivity contribution >= 4 is 33.5 Å². The SMILES string of the molecule is CNC(=S)SC(=N)N. The second-order valence-electron chi connectivity index (χ2n) is 1.00. The van der Waals surface area contributed by atoms with Gasteiger partial charge in [-0.15, -0.1) is 0 Å². The van der Waals surface area contributed by atoms with Crippen molar-refractivity contribution in [1.82, 2.24) is 5.32 Å². The average molecular weight is 149 g/mol. The molecule has 0 atom stereocenters. The molecule has 0 aliphatic heterocycles. The molecule has 0 aliphatic carbocycles. The molecule has 0 radical (unpaired) electrons. The summed E-state index contributed by atoms with van der Waals surface area (Å²) >= 11 is 5.70. The van der Waals surface area contributed by atoms with Crippen molar-refractivity contribution in [1.29, 1.82) is 5.41 Å². The zero-order valence-corrected chi connectivity index (χ0v) is 6.03. The largest absolute Gasteiger partial charge is 0.378 e. The van der Waals surface area contributed by atoms with Gasteiger partial charge in [0.15, 0.2) is 5.17 Å². The lowest BCUT2D eigenvalue weighted by atomic mass is 11.2. The Balaban J connectivity index is 3.40. The molecule has 0 spiro atoms. The number of hydrogen-bond donors (Lipinski definition) is 3. The number of nitrogens with two attached hydrogens (primary N) is 1. The number of amidine groups is 1. The summed E-state index contributed by atoms with van der Waals surface area (Å²) in [6.07, 6.45) is 0. The van der Waals surface area contributed by atoms with Crippen molar-refractivity contribution < 1.29 is 0 Å². The van der Waals surface area contributed by atoms with Crippen LogP contribution in [0.5, 0.6) is 0 Å². The van der Waals surface area contributed by atoms with Crippen LogP contribution in [0.25, 0.3) is 0 Å². The van der Waals surface area contributed by atoms with E-state index in [1.807, 2.05) is 0 Å². The summed E-state index contributed by atoms with van der Waals surface area (Å²) in [4.78, 5) is 0. The summed E-state index contributed by atoms with van der Waals surface area (Å²) in [5.41, 5.74) is 4.99. The van der Waals surface area contributed by atoms with E-state index < -0.39 is 0 Å². The lowest BCUT2D eigenvalue weighted by molar-refractivity contribution is 1.23. The van der Waals surface area contributed by atoms with Crippen LogP contribution in [0.15, 0.2) is 0 Å². The number of nitrogens with one attached hydrogen (secondary N) is 2. The van der Waals surface area contributed by atoms with Crippen molar-refractivity contribution in [2.45, 2.75) is 0 Å². The number of hydrogen-bond acceptors (Lipinski definition) is 3. The van der Waals surface area contributed by atoms with E-state index >= 15 is 0 Å². The lowest BCUT2D eigenvalue weighted by Crippen LogP contribution is -2.16. The van der Waals surface area contributed by atoms with Crippen LogP contribution >= 0.6 is 24.0 Å². The second-order valence-corrected chi connectivity index (χ2v) is 2.72. The Labute approximate surface area is 57.5 Å². The van der Waals surface area contributed by atoms with Gasteiger partial charge in [-0.25, -0.2) is 0 Å². The third-order valence-corrected chi connectivity index (χ3v) is 1.47. The standard InChI is InChI=1S/C3H7N3S2/c1-6-3(7)8-2(4)5/h1H3,(H3,4,5)(H,6,7). The van der Waals surface area contributed by atoms with Crippen LogP contribution in [0.4, 0.5) is 0 Å². The van der Waals surface area contributed by atoms with E-state index in [-0.39, 0.29) is 5.17 Å². The Morgan fingerprint density at radius 3 is 2.50 bits per heavy atom. The minimum absolute atomic E-state index is 0.0179. The minimum atomic E-state index is 0.0179. The van der Waals surface area contributed by atoms with Gasteiger partial charge in [-0.05, 0) is 11.8 Å². The van der Waals surface area contributed by atoms with Gasteiger partial charge in [-0.2, -0.15) is 0 Å². The number of thiocarbonyl (C=S) groups is 1. The van der Waals surface area contributed by atoms with Gasteiger partial charge in [0.1, 0.15) is 4.32 Å². The quantitative estimate of drug-likeness (QED) is 0.260.